The predicted molar refractivity (Wildman–Crippen MR) is 78.8 cm³/mol. The summed E-state index contributed by atoms with van der Waals surface area (Å²) < 4.78 is 16.8. The molecule has 6 nitrogen and oxygen atoms in total. The Bertz CT molecular complexity index is 269. The normalized spacial score (nSPS) is 12.3. The molecule has 0 aromatic carbocycles. The molecule has 6 heteroatoms. The van der Waals surface area contributed by atoms with Crippen molar-refractivity contribution in [1.82, 2.24) is 5.32 Å². The van der Waals surface area contributed by atoms with Crippen molar-refractivity contribution in [3.63, 3.8) is 0 Å². The highest BCUT2D eigenvalue weighted by Crippen LogP contribution is 2.05. The second-order valence-electron chi connectivity index (χ2n) is 6.67. The fraction of sp³-hybridized carbons (Fsp3) is 0.929. The van der Waals surface area contributed by atoms with E-state index in [1.54, 1.807) is 0 Å². The Morgan fingerprint density at radius 2 is 1.55 bits per heavy atom. The number of amides is 1. The van der Waals surface area contributed by atoms with Crippen molar-refractivity contribution in [2.24, 2.45) is 0 Å². The molecule has 0 radical (unpaired) electrons. The summed E-state index contributed by atoms with van der Waals surface area (Å²) in [5.41, 5.74) is -0.468. The van der Waals surface area contributed by atoms with Crippen LogP contribution in [0.5, 0.6) is 0 Å². The summed E-state index contributed by atoms with van der Waals surface area (Å²) in [6, 6.07) is 0. The Balaban J connectivity index is 3.31. The molecule has 120 valence electrons. The van der Waals surface area contributed by atoms with Crippen LogP contribution in [0.25, 0.3) is 0 Å². The molecule has 0 aliphatic heterocycles. The van der Waals surface area contributed by atoms with Crippen LogP contribution in [-0.4, -0.2) is 76.8 Å². The van der Waals surface area contributed by atoms with E-state index in [0.717, 1.165) is 17.6 Å². The zero-order valence-electron chi connectivity index (χ0n) is 13.8. The molecular formula is C14H31N2O4+. The average Bonchev–Trinajstić information content (AvgIpc) is 2.22. The van der Waals surface area contributed by atoms with Gasteiger partial charge in [-0.15, -0.1) is 0 Å². The van der Waals surface area contributed by atoms with E-state index in [4.69, 9.17) is 14.2 Å². The molecule has 0 saturated heterocycles. The molecule has 0 bridgehead atoms. The first-order chi connectivity index (χ1) is 9.10. The maximum Gasteiger partial charge on any atom is 0.407 e. The highest BCUT2D eigenvalue weighted by molar-refractivity contribution is 5.67. The second kappa shape index (κ2) is 9.15. The molecule has 0 heterocycles. The molecule has 0 unspecified atom stereocenters. The van der Waals surface area contributed by atoms with Crippen molar-refractivity contribution in [1.29, 1.82) is 0 Å². The van der Waals surface area contributed by atoms with Crippen LogP contribution >= 0.6 is 0 Å². The van der Waals surface area contributed by atoms with E-state index in [9.17, 15) is 4.79 Å². The van der Waals surface area contributed by atoms with Crippen molar-refractivity contribution in [2.75, 3.05) is 60.7 Å². The van der Waals surface area contributed by atoms with Crippen molar-refractivity contribution < 1.29 is 23.5 Å². The Morgan fingerprint density at radius 3 is 2.05 bits per heavy atom. The molecule has 0 aliphatic rings. The maximum absolute atomic E-state index is 11.3. The fourth-order valence-electron chi connectivity index (χ4n) is 1.20. The number of ether oxygens (including phenoxy) is 3. The van der Waals surface area contributed by atoms with E-state index in [0.29, 0.717) is 26.4 Å². The third-order valence-electron chi connectivity index (χ3n) is 2.19. The number of quaternary nitrogens is 1. The van der Waals surface area contributed by atoms with Crippen LogP contribution in [0.3, 0.4) is 0 Å². The predicted octanol–water partition coefficient (Wildman–Crippen LogP) is 1.25. The van der Waals surface area contributed by atoms with Crippen molar-refractivity contribution in [2.45, 2.75) is 26.4 Å². The number of alkyl carbamates (subject to hydrolysis) is 1. The Labute approximate surface area is 123 Å². The molecule has 0 rings (SSSR count). The Kier molecular flexibility index (Phi) is 8.76. The molecule has 20 heavy (non-hydrogen) atoms. The summed E-state index contributed by atoms with van der Waals surface area (Å²) in [5, 5.41) is 2.63. The van der Waals surface area contributed by atoms with E-state index in [1.807, 2.05) is 20.8 Å². The van der Waals surface area contributed by atoms with Gasteiger partial charge in [0.25, 0.3) is 0 Å². The molecule has 0 aromatic heterocycles. The third kappa shape index (κ3) is 15.2. The first-order valence-corrected chi connectivity index (χ1v) is 7.03. The van der Waals surface area contributed by atoms with Gasteiger partial charge in [-0.2, -0.15) is 0 Å². The number of nitrogens with zero attached hydrogens (tertiary/aromatic N) is 1. The van der Waals surface area contributed by atoms with Gasteiger partial charge in [0.05, 0.1) is 47.6 Å². The minimum Gasteiger partial charge on any atom is -0.444 e. The number of hydrogen-bond donors (Lipinski definition) is 1. The quantitative estimate of drug-likeness (QED) is 0.513. The van der Waals surface area contributed by atoms with Gasteiger partial charge in [0.1, 0.15) is 12.1 Å². The zero-order chi connectivity index (χ0) is 15.6. The molecule has 0 atom stereocenters. The summed E-state index contributed by atoms with van der Waals surface area (Å²) >= 11 is 0. The standard InChI is InChI=1S/C14H30N2O4/c1-14(2,3)20-13(17)15-7-9-18-11-12-19-10-8-16(4,5)6/h7-12H2,1-6H3/p+1. The van der Waals surface area contributed by atoms with Gasteiger partial charge in [0.15, 0.2) is 0 Å². The lowest BCUT2D eigenvalue weighted by molar-refractivity contribution is -0.870. The van der Waals surface area contributed by atoms with E-state index in [1.165, 1.54) is 0 Å². The van der Waals surface area contributed by atoms with Gasteiger partial charge in [-0.3, -0.25) is 0 Å². The topological polar surface area (TPSA) is 56.8 Å². The number of nitrogens with one attached hydrogen (secondary N) is 1. The van der Waals surface area contributed by atoms with Crippen molar-refractivity contribution in [3.8, 4) is 0 Å². The smallest absolute Gasteiger partial charge is 0.407 e. The first-order valence-electron chi connectivity index (χ1n) is 7.03. The van der Waals surface area contributed by atoms with E-state index < -0.39 is 11.7 Å². The van der Waals surface area contributed by atoms with Crippen molar-refractivity contribution in [3.05, 3.63) is 0 Å². The summed E-state index contributed by atoms with van der Waals surface area (Å²) in [7, 11) is 6.38. The summed E-state index contributed by atoms with van der Waals surface area (Å²) in [5.74, 6) is 0. The van der Waals surface area contributed by atoms with E-state index in [2.05, 4.69) is 26.5 Å². The number of carbonyl (C=O) groups is 1. The molecule has 0 aliphatic carbocycles. The maximum atomic E-state index is 11.3. The number of likely N-dealkylation sites (N-methyl/N-ethyl adjacent to an activating group) is 1. The lowest BCUT2D eigenvalue weighted by Crippen LogP contribution is -2.37. The van der Waals surface area contributed by atoms with Crippen LogP contribution in [0.4, 0.5) is 4.79 Å². The lowest BCUT2D eigenvalue weighted by atomic mass is 10.2. The second-order valence-corrected chi connectivity index (χ2v) is 6.67. The first kappa shape index (κ1) is 19.1. The van der Waals surface area contributed by atoms with Gasteiger partial charge < -0.3 is 24.0 Å². The average molecular weight is 291 g/mol. The SMILES string of the molecule is CC(C)(C)OC(=O)NCCOCCOCC[N+](C)(C)C. The summed E-state index contributed by atoms with van der Waals surface area (Å²) in [4.78, 5) is 11.3. The third-order valence-corrected chi connectivity index (χ3v) is 2.19. The minimum atomic E-state index is -0.468. The van der Waals surface area contributed by atoms with Crippen LogP contribution in [0.15, 0.2) is 0 Å². The number of rotatable bonds is 9. The van der Waals surface area contributed by atoms with Gasteiger partial charge in [0.2, 0.25) is 0 Å². The van der Waals surface area contributed by atoms with Gasteiger partial charge in [-0.1, -0.05) is 0 Å². The Morgan fingerprint density at radius 1 is 1.00 bits per heavy atom. The highest BCUT2D eigenvalue weighted by atomic mass is 16.6. The highest BCUT2D eigenvalue weighted by Gasteiger charge is 2.15. The minimum absolute atomic E-state index is 0.416. The molecule has 1 amide bonds. The zero-order valence-corrected chi connectivity index (χ0v) is 13.8. The molecule has 1 N–H and O–H groups in total. The van der Waals surface area contributed by atoms with Crippen LogP contribution in [0, 0.1) is 0 Å². The lowest BCUT2D eigenvalue weighted by Gasteiger charge is -2.23. The summed E-state index contributed by atoms with van der Waals surface area (Å²) in [6.45, 7) is 9.19. The van der Waals surface area contributed by atoms with E-state index >= 15 is 0 Å². The molecule has 0 aromatic rings. The molecule has 0 saturated carbocycles. The van der Waals surface area contributed by atoms with Gasteiger partial charge >= 0.3 is 6.09 Å². The Hall–Kier alpha value is -0.850. The fourth-order valence-corrected chi connectivity index (χ4v) is 1.20. The van der Waals surface area contributed by atoms with Crippen LogP contribution in [0.2, 0.25) is 0 Å². The van der Waals surface area contributed by atoms with Crippen LogP contribution in [0.1, 0.15) is 20.8 Å². The number of carbonyl (C=O) groups excluding carboxylic acids is 1. The number of hydrogen-bond acceptors (Lipinski definition) is 4. The molecule has 0 fully saturated rings. The summed E-state index contributed by atoms with van der Waals surface area (Å²) in [6.07, 6.45) is -0.416. The molecular weight excluding hydrogens is 260 g/mol. The van der Waals surface area contributed by atoms with Crippen molar-refractivity contribution >= 4 is 6.09 Å². The van der Waals surface area contributed by atoms with Crippen LogP contribution < -0.4 is 5.32 Å². The van der Waals surface area contributed by atoms with E-state index in [-0.39, 0.29) is 0 Å². The van der Waals surface area contributed by atoms with Gasteiger partial charge in [-0.05, 0) is 20.8 Å². The molecule has 0 spiro atoms. The van der Waals surface area contributed by atoms with Gasteiger partial charge in [-0.25, -0.2) is 4.79 Å². The largest absolute Gasteiger partial charge is 0.444 e. The van der Waals surface area contributed by atoms with Crippen LogP contribution in [-0.2, 0) is 14.2 Å². The monoisotopic (exact) mass is 291 g/mol. The van der Waals surface area contributed by atoms with Gasteiger partial charge in [0, 0.05) is 6.54 Å².